The maximum atomic E-state index is 10.2. The van der Waals surface area contributed by atoms with E-state index in [0.717, 1.165) is 18.7 Å². The zero-order chi connectivity index (χ0) is 9.78. The van der Waals surface area contributed by atoms with Gasteiger partial charge in [0.15, 0.2) is 0 Å². The summed E-state index contributed by atoms with van der Waals surface area (Å²) in [6.07, 6.45) is 0.736. The molecule has 0 aliphatic rings. The second-order valence-electron chi connectivity index (χ2n) is 3.49. The Kier molecular flexibility index (Phi) is 9.10. The molecule has 0 amide bonds. The average molecular weight is 330 g/mol. The largest absolute Gasteiger partial charge is 0.384 e. The second kappa shape index (κ2) is 7.24. The Balaban J connectivity index is 0. The molecule has 0 aromatic carbocycles. The summed E-state index contributed by atoms with van der Waals surface area (Å²) in [6, 6.07) is 0. The molecule has 1 atom stereocenters. The van der Waals surface area contributed by atoms with Gasteiger partial charge < -0.3 is 5.11 Å². The average Bonchev–Trinajstić information content (AvgIpc) is 2.03. The van der Waals surface area contributed by atoms with Crippen LogP contribution in [0.1, 0.15) is 41.0 Å². The Morgan fingerprint density at radius 1 is 1.38 bits per heavy atom. The van der Waals surface area contributed by atoms with E-state index in [0.29, 0.717) is 0 Å². The molecular formula is C10H21NOTb. The van der Waals surface area contributed by atoms with Crippen LogP contribution >= 0.6 is 0 Å². The smallest absolute Gasteiger partial charge is 0.104 e. The fourth-order valence-electron chi connectivity index (χ4n) is 1.46. The van der Waals surface area contributed by atoms with Crippen molar-refractivity contribution in [1.82, 2.24) is 0 Å². The van der Waals surface area contributed by atoms with Crippen LogP contribution in [0.4, 0.5) is 0 Å². The Labute approximate surface area is 113 Å². The third kappa shape index (κ3) is 4.30. The third-order valence-electron chi connectivity index (χ3n) is 2.52. The van der Waals surface area contributed by atoms with E-state index in [1.54, 1.807) is 0 Å². The molecule has 2 nitrogen and oxygen atoms in total. The summed E-state index contributed by atoms with van der Waals surface area (Å²) in [5.41, 5.74) is 0.165. The molecule has 1 N–H and O–H groups in total. The number of aliphatic imine (C=N–C) groups is 1. The SMILES string of the molecule is CCN=C(C)C(O)(CC)C(C)C.[Tb]. The second-order valence-corrected chi connectivity index (χ2v) is 3.49. The van der Waals surface area contributed by atoms with Gasteiger partial charge in [0.25, 0.3) is 0 Å². The van der Waals surface area contributed by atoms with E-state index in [4.69, 9.17) is 0 Å². The van der Waals surface area contributed by atoms with Crippen molar-refractivity contribution in [3.8, 4) is 0 Å². The predicted octanol–water partition coefficient (Wildman–Crippen LogP) is 2.26. The van der Waals surface area contributed by atoms with Gasteiger partial charge in [-0.3, -0.25) is 4.99 Å². The van der Waals surface area contributed by atoms with Gasteiger partial charge in [-0.05, 0) is 26.2 Å². The summed E-state index contributed by atoms with van der Waals surface area (Å²) in [5, 5.41) is 10.2. The summed E-state index contributed by atoms with van der Waals surface area (Å²) >= 11 is 0. The molecule has 0 bridgehead atoms. The standard InChI is InChI=1S/C10H21NO.Tb/c1-6-10(12,8(3)4)9(5)11-7-2;/h8,12H,6-7H2,1-5H3;. The topological polar surface area (TPSA) is 32.6 Å². The maximum absolute atomic E-state index is 10.2. The fourth-order valence-corrected chi connectivity index (χ4v) is 1.46. The van der Waals surface area contributed by atoms with E-state index in [2.05, 4.69) is 4.99 Å². The molecule has 0 rings (SSSR count). The van der Waals surface area contributed by atoms with Gasteiger partial charge in [-0.15, -0.1) is 0 Å². The van der Waals surface area contributed by atoms with E-state index < -0.39 is 5.60 Å². The molecule has 0 aromatic rings. The summed E-state index contributed by atoms with van der Waals surface area (Å²) in [4.78, 5) is 4.26. The number of hydrogen-bond donors (Lipinski definition) is 1. The van der Waals surface area contributed by atoms with E-state index in [1.807, 2.05) is 34.6 Å². The summed E-state index contributed by atoms with van der Waals surface area (Å²) < 4.78 is 0. The van der Waals surface area contributed by atoms with Crippen molar-refractivity contribution in [1.29, 1.82) is 0 Å². The van der Waals surface area contributed by atoms with Crippen LogP contribution in [-0.2, 0) is 0 Å². The molecule has 0 aliphatic heterocycles. The molecule has 0 saturated heterocycles. The van der Waals surface area contributed by atoms with Gasteiger partial charge in [0.2, 0.25) is 0 Å². The van der Waals surface area contributed by atoms with Crippen LogP contribution in [0, 0.1) is 44.5 Å². The molecule has 13 heavy (non-hydrogen) atoms. The molecule has 1 radical (unpaired) electrons. The molecular weight excluding hydrogens is 309 g/mol. The first kappa shape index (κ1) is 16.3. The first-order valence-corrected chi connectivity index (χ1v) is 4.72. The van der Waals surface area contributed by atoms with Crippen molar-refractivity contribution in [3.63, 3.8) is 0 Å². The van der Waals surface area contributed by atoms with Crippen LogP contribution in [0.15, 0.2) is 4.99 Å². The molecule has 0 aliphatic carbocycles. The van der Waals surface area contributed by atoms with Crippen molar-refractivity contribution in [3.05, 3.63) is 0 Å². The normalized spacial score (nSPS) is 16.7. The van der Waals surface area contributed by atoms with Gasteiger partial charge in [0.1, 0.15) is 5.60 Å². The number of hydrogen-bond acceptors (Lipinski definition) is 2. The Hall–Kier alpha value is 0.916. The molecule has 0 fully saturated rings. The minimum Gasteiger partial charge on any atom is -0.384 e. The summed E-state index contributed by atoms with van der Waals surface area (Å²) in [6.45, 7) is 10.7. The van der Waals surface area contributed by atoms with Crippen LogP contribution in [0.2, 0.25) is 0 Å². The fraction of sp³-hybridized carbons (Fsp3) is 0.900. The van der Waals surface area contributed by atoms with Crippen LogP contribution < -0.4 is 0 Å². The Morgan fingerprint density at radius 3 is 2.08 bits per heavy atom. The summed E-state index contributed by atoms with van der Waals surface area (Å²) in [5.74, 6) is 0.234. The zero-order valence-electron chi connectivity index (χ0n) is 9.22. The molecule has 81 valence electrons. The van der Waals surface area contributed by atoms with Crippen molar-refractivity contribution in [2.75, 3.05) is 6.54 Å². The molecule has 0 spiro atoms. The van der Waals surface area contributed by atoms with Crippen LogP contribution in [0.5, 0.6) is 0 Å². The monoisotopic (exact) mass is 330 g/mol. The molecule has 1 unspecified atom stereocenters. The van der Waals surface area contributed by atoms with E-state index in [9.17, 15) is 5.11 Å². The zero-order valence-corrected chi connectivity index (χ0v) is 11.4. The summed E-state index contributed by atoms with van der Waals surface area (Å²) in [7, 11) is 0. The predicted molar refractivity (Wildman–Crippen MR) is 53.7 cm³/mol. The maximum Gasteiger partial charge on any atom is 0.104 e. The number of rotatable bonds is 4. The Morgan fingerprint density at radius 2 is 1.85 bits per heavy atom. The van der Waals surface area contributed by atoms with Crippen molar-refractivity contribution >= 4 is 5.71 Å². The van der Waals surface area contributed by atoms with Crippen LogP contribution in [0.3, 0.4) is 0 Å². The van der Waals surface area contributed by atoms with Gasteiger partial charge in [-0.25, -0.2) is 0 Å². The Bertz CT molecular complexity index is 168. The van der Waals surface area contributed by atoms with E-state index in [-0.39, 0.29) is 44.5 Å². The van der Waals surface area contributed by atoms with Gasteiger partial charge in [-0.2, -0.15) is 0 Å². The van der Waals surface area contributed by atoms with Gasteiger partial charge >= 0.3 is 0 Å². The first-order chi connectivity index (χ1) is 5.49. The molecule has 0 heterocycles. The third-order valence-corrected chi connectivity index (χ3v) is 2.52. The van der Waals surface area contributed by atoms with Gasteiger partial charge in [0, 0.05) is 50.9 Å². The van der Waals surface area contributed by atoms with Crippen molar-refractivity contribution in [2.45, 2.75) is 46.6 Å². The van der Waals surface area contributed by atoms with Gasteiger partial charge in [0.05, 0.1) is 0 Å². The van der Waals surface area contributed by atoms with Gasteiger partial charge in [-0.1, -0.05) is 20.8 Å². The van der Waals surface area contributed by atoms with Crippen LogP contribution in [-0.4, -0.2) is 23.0 Å². The van der Waals surface area contributed by atoms with Crippen LogP contribution in [0.25, 0.3) is 0 Å². The quantitative estimate of drug-likeness (QED) is 0.788. The minimum atomic E-state index is -0.698. The number of aliphatic hydroxyl groups is 1. The minimum absolute atomic E-state index is 0. The molecule has 0 aromatic heterocycles. The van der Waals surface area contributed by atoms with Crippen molar-refractivity contribution < 1.29 is 43.7 Å². The molecule has 0 saturated carbocycles. The van der Waals surface area contributed by atoms with Crippen molar-refractivity contribution in [2.24, 2.45) is 10.9 Å². The van der Waals surface area contributed by atoms with E-state index >= 15 is 0 Å². The molecule has 3 heteroatoms. The van der Waals surface area contributed by atoms with E-state index in [1.165, 1.54) is 0 Å². The first-order valence-electron chi connectivity index (χ1n) is 4.72. The number of nitrogens with zero attached hydrogens (tertiary/aromatic N) is 1.